The average Bonchev–Trinajstić information content (AvgIpc) is 2.61. The van der Waals surface area contributed by atoms with Gasteiger partial charge in [0.05, 0.1) is 0 Å². The predicted octanol–water partition coefficient (Wildman–Crippen LogP) is 4.44. The van der Waals surface area contributed by atoms with Crippen molar-refractivity contribution in [2.75, 3.05) is 43.4 Å². The summed E-state index contributed by atoms with van der Waals surface area (Å²) in [7, 11) is 0. The van der Waals surface area contributed by atoms with E-state index in [9.17, 15) is 4.39 Å². The van der Waals surface area contributed by atoms with Crippen LogP contribution in [-0.4, -0.2) is 43.4 Å². The molecule has 2 nitrogen and oxygen atoms in total. The van der Waals surface area contributed by atoms with E-state index < -0.39 is 0 Å². The van der Waals surface area contributed by atoms with Gasteiger partial charge in [0.1, 0.15) is 5.82 Å². The minimum atomic E-state index is -0.161. The molecule has 24 heavy (non-hydrogen) atoms. The number of hydrogen-bond donors (Lipinski definition) is 0. The fourth-order valence-corrected chi connectivity index (χ4v) is 3.90. The third-order valence-corrected chi connectivity index (χ3v) is 5.54. The molecule has 0 saturated carbocycles. The predicted molar refractivity (Wildman–Crippen MR) is 102 cm³/mol. The van der Waals surface area contributed by atoms with Crippen molar-refractivity contribution in [2.24, 2.45) is 0 Å². The first kappa shape index (κ1) is 17.3. The number of thioether (sulfide) groups is 1. The Labute approximate surface area is 148 Å². The largest absolute Gasteiger partial charge is 0.369 e. The summed E-state index contributed by atoms with van der Waals surface area (Å²) >= 11 is 1.81. The smallest absolute Gasteiger partial charge is 0.123 e. The van der Waals surface area contributed by atoms with Gasteiger partial charge in [0.2, 0.25) is 0 Å². The van der Waals surface area contributed by atoms with Gasteiger partial charge >= 0.3 is 0 Å². The van der Waals surface area contributed by atoms with Gasteiger partial charge in [-0.05, 0) is 67.6 Å². The standard InChI is InChI=1S/C20H25FN2S/c1-17-4-2-5-19(16-17)23-13-11-22(12-14-23)10-3-15-24-20-8-6-18(21)7-9-20/h2,4-9,16H,3,10-15H2,1H3. The molecule has 4 heteroatoms. The van der Waals surface area contributed by atoms with E-state index in [2.05, 4.69) is 41.0 Å². The third-order valence-electron chi connectivity index (χ3n) is 4.44. The minimum Gasteiger partial charge on any atom is -0.369 e. The number of benzene rings is 2. The zero-order valence-electron chi connectivity index (χ0n) is 14.2. The normalized spacial score (nSPS) is 15.7. The number of piperazine rings is 1. The highest BCUT2D eigenvalue weighted by molar-refractivity contribution is 7.99. The molecule has 1 saturated heterocycles. The number of aryl methyl sites for hydroxylation is 1. The van der Waals surface area contributed by atoms with Gasteiger partial charge in [0.25, 0.3) is 0 Å². The Kier molecular flexibility index (Phi) is 6.16. The average molecular weight is 344 g/mol. The molecule has 3 rings (SSSR count). The Morgan fingerprint density at radius 2 is 1.75 bits per heavy atom. The number of rotatable bonds is 6. The lowest BCUT2D eigenvalue weighted by atomic mass is 10.2. The second-order valence-electron chi connectivity index (χ2n) is 6.32. The van der Waals surface area contributed by atoms with Crippen LogP contribution in [-0.2, 0) is 0 Å². The van der Waals surface area contributed by atoms with E-state index in [1.165, 1.54) is 29.8 Å². The van der Waals surface area contributed by atoms with Gasteiger partial charge in [-0.25, -0.2) is 4.39 Å². The summed E-state index contributed by atoms with van der Waals surface area (Å²) in [5, 5.41) is 0. The molecule has 2 aromatic carbocycles. The summed E-state index contributed by atoms with van der Waals surface area (Å²) in [5.41, 5.74) is 2.68. The Hall–Kier alpha value is -1.52. The first-order valence-electron chi connectivity index (χ1n) is 8.63. The van der Waals surface area contributed by atoms with Crippen LogP contribution in [0.15, 0.2) is 53.4 Å². The molecule has 0 spiro atoms. The van der Waals surface area contributed by atoms with Crippen LogP contribution in [0.1, 0.15) is 12.0 Å². The maximum atomic E-state index is 12.9. The van der Waals surface area contributed by atoms with E-state index in [1.807, 2.05) is 23.9 Å². The first-order valence-corrected chi connectivity index (χ1v) is 9.61. The topological polar surface area (TPSA) is 6.48 Å². The van der Waals surface area contributed by atoms with Crippen LogP contribution in [0.5, 0.6) is 0 Å². The van der Waals surface area contributed by atoms with Crippen molar-refractivity contribution < 1.29 is 4.39 Å². The van der Waals surface area contributed by atoms with Gasteiger partial charge in [-0.2, -0.15) is 0 Å². The number of anilines is 1. The van der Waals surface area contributed by atoms with E-state index in [1.54, 1.807) is 0 Å². The van der Waals surface area contributed by atoms with Crippen molar-refractivity contribution in [1.29, 1.82) is 0 Å². The van der Waals surface area contributed by atoms with Crippen LogP contribution in [0.3, 0.4) is 0 Å². The number of nitrogens with zero attached hydrogens (tertiary/aromatic N) is 2. The lowest BCUT2D eigenvalue weighted by Crippen LogP contribution is -2.46. The van der Waals surface area contributed by atoms with E-state index >= 15 is 0 Å². The molecule has 0 aromatic heterocycles. The monoisotopic (exact) mass is 344 g/mol. The van der Waals surface area contributed by atoms with Crippen molar-refractivity contribution >= 4 is 17.4 Å². The van der Waals surface area contributed by atoms with Crippen molar-refractivity contribution in [3.05, 3.63) is 59.9 Å². The van der Waals surface area contributed by atoms with Crippen LogP contribution in [0.2, 0.25) is 0 Å². The Bertz CT molecular complexity index is 636. The quantitative estimate of drug-likeness (QED) is 0.565. The van der Waals surface area contributed by atoms with Crippen molar-refractivity contribution in [3.8, 4) is 0 Å². The van der Waals surface area contributed by atoms with Crippen LogP contribution in [0, 0.1) is 12.7 Å². The number of hydrogen-bond acceptors (Lipinski definition) is 3. The van der Waals surface area contributed by atoms with E-state index in [4.69, 9.17) is 0 Å². The van der Waals surface area contributed by atoms with Crippen LogP contribution in [0.4, 0.5) is 10.1 Å². The maximum Gasteiger partial charge on any atom is 0.123 e. The molecule has 0 bridgehead atoms. The highest BCUT2D eigenvalue weighted by atomic mass is 32.2. The Balaban J connectivity index is 1.36. The van der Waals surface area contributed by atoms with Gasteiger partial charge in [-0.1, -0.05) is 12.1 Å². The SMILES string of the molecule is Cc1cccc(N2CCN(CCCSc3ccc(F)cc3)CC2)c1. The zero-order chi connectivity index (χ0) is 16.8. The summed E-state index contributed by atoms with van der Waals surface area (Å²) in [6, 6.07) is 15.6. The van der Waals surface area contributed by atoms with Gasteiger partial charge in [0.15, 0.2) is 0 Å². The highest BCUT2D eigenvalue weighted by Gasteiger charge is 2.16. The molecule has 0 aliphatic carbocycles. The molecule has 0 atom stereocenters. The lowest BCUT2D eigenvalue weighted by Gasteiger charge is -2.36. The van der Waals surface area contributed by atoms with Crippen LogP contribution < -0.4 is 4.90 Å². The van der Waals surface area contributed by atoms with E-state index in [0.29, 0.717) is 0 Å². The zero-order valence-corrected chi connectivity index (χ0v) is 15.1. The third kappa shape index (κ3) is 4.99. The molecule has 1 fully saturated rings. The molecule has 0 N–H and O–H groups in total. The molecular formula is C20H25FN2S. The fourth-order valence-electron chi connectivity index (χ4n) is 3.06. The summed E-state index contributed by atoms with van der Waals surface area (Å²) < 4.78 is 12.9. The van der Waals surface area contributed by atoms with Gasteiger partial charge < -0.3 is 4.90 Å². The molecule has 2 aromatic rings. The highest BCUT2D eigenvalue weighted by Crippen LogP contribution is 2.20. The molecular weight excluding hydrogens is 319 g/mol. The molecule has 1 aliphatic rings. The van der Waals surface area contributed by atoms with Crippen molar-refractivity contribution in [3.63, 3.8) is 0 Å². The summed E-state index contributed by atoms with van der Waals surface area (Å²) in [4.78, 5) is 6.19. The fraction of sp³-hybridized carbons (Fsp3) is 0.400. The Morgan fingerprint density at radius 1 is 1.00 bits per heavy atom. The van der Waals surface area contributed by atoms with Crippen LogP contribution >= 0.6 is 11.8 Å². The van der Waals surface area contributed by atoms with Crippen molar-refractivity contribution in [2.45, 2.75) is 18.2 Å². The van der Waals surface area contributed by atoms with Crippen molar-refractivity contribution in [1.82, 2.24) is 4.90 Å². The number of halogens is 1. The second-order valence-corrected chi connectivity index (χ2v) is 7.49. The van der Waals surface area contributed by atoms with Gasteiger partial charge in [-0.15, -0.1) is 11.8 Å². The molecule has 128 valence electrons. The van der Waals surface area contributed by atoms with Gasteiger partial charge in [-0.3, -0.25) is 4.90 Å². The first-order chi connectivity index (χ1) is 11.7. The molecule has 0 amide bonds. The van der Waals surface area contributed by atoms with Gasteiger partial charge in [0, 0.05) is 36.8 Å². The summed E-state index contributed by atoms with van der Waals surface area (Å²) in [6.45, 7) is 7.78. The van der Waals surface area contributed by atoms with Crippen LogP contribution in [0.25, 0.3) is 0 Å². The van der Waals surface area contributed by atoms with E-state index in [0.717, 1.165) is 43.4 Å². The summed E-state index contributed by atoms with van der Waals surface area (Å²) in [5.74, 6) is 0.926. The Morgan fingerprint density at radius 3 is 2.46 bits per heavy atom. The molecule has 0 radical (unpaired) electrons. The van der Waals surface area contributed by atoms with E-state index in [-0.39, 0.29) is 5.82 Å². The maximum absolute atomic E-state index is 12.9. The summed E-state index contributed by atoms with van der Waals surface area (Å²) in [6.07, 6.45) is 1.17. The second kappa shape index (κ2) is 8.54. The lowest BCUT2D eigenvalue weighted by molar-refractivity contribution is 0.259. The molecule has 1 heterocycles. The minimum absolute atomic E-state index is 0.161. The molecule has 0 unspecified atom stereocenters. The molecule has 1 aliphatic heterocycles.